The molecule has 0 aliphatic heterocycles. The van der Waals surface area contributed by atoms with E-state index in [2.05, 4.69) is 10.6 Å². The Kier molecular flexibility index (Phi) is 8.96. The van der Waals surface area contributed by atoms with E-state index in [-0.39, 0.29) is 17.0 Å². The number of aryl methyl sites for hydroxylation is 2. The number of aromatic carboxylic acids is 1. The van der Waals surface area contributed by atoms with E-state index >= 15 is 0 Å². The molecule has 0 saturated heterocycles. The molecule has 0 bridgehead atoms. The van der Waals surface area contributed by atoms with Gasteiger partial charge in [0.25, 0.3) is 5.91 Å². The lowest BCUT2D eigenvalue weighted by Gasteiger charge is -2.17. The van der Waals surface area contributed by atoms with Gasteiger partial charge in [-0.1, -0.05) is 90.5 Å². The largest absolute Gasteiger partial charge is 0.478 e. The summed E-state index contributed by atoms with van der Waals surface area (Å²) in [5.41, 5.74) is 4.67. The maximum atomic E-state index is 13.8. The number of aromatic nitrogens is 1. The molecule has 1 unspecified atom stereocenters. The first kappa shape index (κ1) is 30.8. The van der Waals surface area contributed by atoms with Gasteiger partial charge in [0.15, 0.2) is 5.13 Å². The molecule has 0 spiro atoms. The molecule has 0 aliphatic rings. The summed E-state index contributed by atoms with van der Waals surface area (Å²) >= 11 is 2.79. The fraction of sp³-hybridized carbons (Fsp3) is 0.0811. The second-order valence-corrected chi connectivity index (χ2v) is 13.1. The fourth-order valence-electron chi connectivity index (χ4n) is 5.19. The number of carbonyl (C=O) groups is 3. The zero-order valence-electron chi connectivity index (χ0n) is 25.0. The molecular formula is C37H29N3O4S2. The lowest BCUT2D eigenvalue weighted by atomic mass is 9.98. The second kappa shape index (κ2) is 13.4. The van der Waals surface area contributed by atoms with Crippen molar-refractivity contribution in [2.45, 2.75) is 24.0 Å². The average Bonchev–Trinajstić information content (AvgIpc) is 3.43. The Labute approximate surface area is 274 Å². The van der Waals surface area contributed by atoms with Gasteiger partial charge >= 0.3 is 5.97 Å². The summed E-state index contributed by atoms with van der Waals surface area (Å²) in [6.45, 7) is 4.03. The van der Waals surface area contributed by atoms with Crippen molar-refractivity contribution in [3.05, 3.63) is 142 Å². The molecule has 6 rings (SSSR count). The van der Waals surface area contributed by atoms with E-state index < -0.39 is 17.1 Å². The maximum absolute atomic E-state index is 13.8. The maximum Gasteiger partial charge on any atom is 0.336 e. The van der Waals surface area contributed by atoms with Crippen LogP contribution in [0.4, 0.5) is 10.8 Å². The average molecular weight is 644 g/mol. The standard InChI is InChI=1S/C37H29N3O4S2/c1-22-17-19-25(20-18-22)32-23(2)45-37(39-32)40-35(42)33(26-9-4-3-5-10-26)46-28-14-8-13-27(21-28)38-34(41)29-15-6-11-24-12-7-16-30(31(24)29)36(43)44/h3-21,33H,1-2H3,(H,38,41)(H,43,44)(H,39,40,42). The van der Waals surface area contributed by atoms with Gasteiger partial charge in [-0.05, 0) is 55.1 Å². The number of thioether (sulfide) groups is 1. The van der Waals surface area contributed by atoms with Crippen molar-refractivity contribution >= 4 is 62.5 Å². The summed E-state index contributed by atoms with van der Waals surface area (Å²) in [5, 5.41) is 16.6. The highest BCUT2D eigenvalue weighted by molar-refractivity contribution is 8.00. The molecule has 5 aromatic carbocycles. The number of carboxylic acids is 1. The molecule has 3 N–H and O–H groups in total. The Bertz CT molecular complexity index is 2070. The number of thiazole rings is 1. The summed E-state index contributed by atoms with van der Waals surface area (Å²) in [5.74, 6) is -1.75. The van der Waals surface area contributed by atoms with Gasteiger partial charge in [-0.25, -0.2) is 9.78 Å². The zero-order chi connectivity index (χ0) is 32.2. The van der Waals surface area contributed by atoms with Gasteiger partial charge in [-0.2, -0.15) is 0 Å². The van der Waals surface area contributed by atoms with E-state index in [1.165, 1.54) is 29.2 Å². The van der Waals surface area contributed by atoms with Crippen molar-refractivity contribution in [2.24, 2.45) is 0 Å². The van der Waals surface area contributed by atoms with Gasteiger partial charge in [0, 0.05) is 32.0 Å². The van der Waals surface area contributed by atoms with Crippen LogP contribution in [0.25, 0.3) is 22.0 Å². The van der Waals surface area contributed by atoms with Crippen molar-refractivity contribution in [3.8, 4) is 11.3 Å². The Morgan fingerprint density at radius 1 is 0.783 bits per heavy atom. The predicted molar refractivity (Wildman–Crippen MR) is 186 cm³/mol. The van der Waals surface area contributed by atoms with E-state index in [0.29, 0.717) is 21.6 Å². The fourth-order valence-corrected chi connectivity index (χ4v) is 7.11. The predicted octanol–water partition coefficient (Wildman–Crippen LogP) is 9.00. The molecule has 0 saturated carbocycles. The van der Waals surface area contributed by atoms with Crippen LogP contribution >= 0.6 is 23.1 Å². The van der Waals surface area contributed by atoms with Crippen molar-refractivity contribution in [1.82, 2.24) is 4.98 Å². The summed E-state index contributed by atoms with van der Waals surface area (Å²) in [6, 6.07) is 35.0. The van der Waals surface area contributed by atoms with Crippen molar-refractivity contribution in [1.29, 1.82) is 0 Å². The Morgan fingerprint density at radius 3 is 2.20 bits per heavy atom. The number of benzene rings is 5. The molecule has 0 aliphatic carbocycles. The van der Waals surface area contributed by atoms with Crippen LogP contribution in [0.5, 0.6) is 0 Å². The Hall–Kier alpha value is -5.25. The third-order valence-electron chi connectivity index (χ3n) is 7.42. The van der Waals surface area contributed by atoms with Gasteiger partial charge in [0.05, 0.1) is 11.3 Å². The third-order valence-corrected chi connectivity index (χ3v) is 9.55. The highest BCUT2D eigenvalue weighted by Crippen LogP contribution is 2.38. The smallest absolute Gasteiger partial charge is 0.336 e. The summed E-state index contributed by atoms with van der Waals surface area (Å²) < 4.78 is 0. The first-order valence-electron chi connectivity index (χ1n) is 14.5. The molecule has 2 amide bonds. The molecule has 0 fully saturated rings. The van der Waals surface area contributed by atoms with Gasteiger partial charge in [-0.3, -0.25) is 9.59 Å². The van der Waals surface area contributed by atoms with Crippen LogP contribution in [-0.4, -0.2) is 27.9 Å². The first-order chi connectivity index (χ1) is 22.3. The number of anilines is 2. The van der Waals surface area contributed by atoms with Crippen LogP contribution in [0.15, 0.2) is 120 Å². The highest BCUT2D eigenvalue weighted by Gasteiger charge is 2.24. The van der Waals surface area contributed by atoms with Gasteiger partial charge in [-0.15, -0.1) is 23.1 Å². The number of carboxylic acid groups (broad SMARTS) is 1. The molecule has 1 aromatic heterocycles. The van der Waals surface area contributed by atoms with Crippen LogP contribution in [0.3, 0.4) is 0 Å². The Balaban J connectivity index is 1.24. The lowest BCUT2D eigenvalue weighted by molar-refractivity contribution is -0.115. The molecule has 9 heteroatoms. The quantitative estimate of drug-likeness (QED) is 0.136. The lowest BCUT2D eigenvalue weighted by Crippen LogP contribution is -2.19. The van der Waals surface area contributed by atoms with E-state index in [4.69, 9.17) is 4.98 Å². The number of fused-ring (bicyclic) bond motifs is 1. The minimum Gasteiger partial charge on any atom is -0.478 e. The SMILES string of the molecule is Cc1ccc(-c2nc(NC(=O)C(Sc3cccc(NC(=O)c4cccc5cccc(C(=O)O)c45)c3)c3ccccc3)sc2C)cc1. The van der Waals surface area contributed by atoms with E-state index in [0.717, 1.165) is 32.2 Å². The number of rotatable bonds is 9. The van der Waals surface area contributed by atoms with E-state index in [1.54, 1.807) is 42.5 Å². The normalized spacial score (nSPS) is 11.6. The van der Waals surface area contributed by atoms with Crippen molar-refractivity contribution < 1.29 is 19.5 Å². The summed E-state index contributed by atoms with van der Waals surface area (Å²) in [7, 11) is 0. The molecule has 46 heavy (non-hydrogen) atoms. The number of amides is 2. The zero-order valence-corrected chi connectivity index (χ0v) is 26.6. The van der Waals surface area contributed by atoms with E-state index in [9.17, 15) is 19.5 Å². The van der Waals surface area contributed by atoms with Crippen LogP contribution in [0.2, 0.25) is 0 Å². The molecule has 6 aromatic rings. The van der Waals surface area contributed by atoms with Crippen LogP contribution in [-0.2, 0) is 4.79 Å². The molecular weight excluding hydrogens is 615 g/mol. The topological polar surface area (TPSA) is 108 Å². The minimum absolute atomic E-state index is 0.0608. The van der Waals surface area contributed by atoms with Crippen LogP contribution < -0.4 is 10.6 Å². The van der Waals surface area contributed by atoms with Gasteiger partial charge in [0.1, 0.15) is 5.25 Å². The molecule has 1 heterocycles. The van der Waals surface area contributed by atoms with Crippen molar-refractivity contribution in [2.75, 3.05) is 10.6 Å². The molecule has 1 atom stereocenters. The number of nitrogens with one attached hydrogen (secondary N) is 2. The monoisotopic (exact) mass is 643 g/mol. The summed E-state index contributed by atoms with van der Waals surface area (Å²) in [6.07, 6.45) is 0. The van der Waals surface area contributed by atoms with Crippen molar-refractivity contribution in [3.63, 3.8) is 0 Å². The number of hydrogen-bond acceptors (Lipinski definition) is 6. The van der Waals surface area contributed by atoms with Gasteiger partial charge < -0.3 is 15.7 Å². The Morgan fingerprint density at radius 2 is 1.48 bits per heavy atom. The number of carbonyl (C=O) groups excluding carboxylic acids is 2. The molecule has 228 valence electrons. The number of hydrogen-bond donors (Lipinski definition) is 3. The van der Waals surface area contributed by atoms with Gasteiger partial charge in [0.2, 0.25) is 5.91 Å². The van der Waals surface area contributed by atoms with Crippen LogP contribution in [0, 0.1) is 13.8 Å². The third kappa shape index (κ3) is 6.71. The summed E-state index contributed by atoms with van der Waals surface area (Å²) in [4.78, 5) is 45.7. The van der Waals surface area contributed by atoms with E-state index in [1.807, 2.05) is 80.6 Å². The minimum atomic E-state index is -1.10. The molecule has 7 nitrogen and oxygen atoms in total. The first-order valence-corrected chi connectivity index (χ1v) is 16.2. The van der Waals surface area contributed by atoms with Crippen LogP contribution in [0.1, 0.15) is 42.0 Å². The second-order valence-electron chi connectivity index (χ2n) is 10.7. The highest BCUT2D eigenvalue weighted by atomic mass is 32.2. The molecule has 0 radical (unpaired) electrons. The number of nitrogens with zero attached hydrogens (tertiary/aromatic N) is 1.